The number of nitrogens with zero attached hydrogens (tertiary/aromatic N) is 1. The number of hydrogen-bond donors (Lipinski definition) is 1. The van der Waals surface area contributed by atoms with Gasteiger partial charge in [-0.15, -0.1) is 0 Å². The molecule has 1 N–H and O–H groups in total. The van der Waals surface area contributed by atoms with Crippen LogP contribution in [-0.4, -0.2) is 28.6 Å². The molecule has 1 aliphatic heterocycles. The molecule has 0 aliphatic carbocycles. The van der Waals surface area contributed by atoms with Gasteiger partial charge in [0.1, 0.15) is 6.04 Å². The summed E-state index contributed by atoms with van der Waals surface area (Å²) in [6.45, 7) is 0.705. The SMILES string of the molecule is O=C(O)C1CCCCN1C(c1cccc(Br)c1)c1cccc(Cl)c1Cl. The van der Waals surface area contributed by atoms with E-state index in [4.69, 9.17) is 23.2 Å². The Balaban J connectivity index is 2.15. The van der Waals surface area contributed by atoms with Gasteiger partial charge >= 0.3 is 5.97 Å². The van der Waals surface area contributed by atoms with E-state index in [1.165, 1.54) is 0 Å². The quantitative estimate of drug-likeness (QED) is 0.651. The fraction of sp³-hybridized carbons (Fsp3) is 0.316. The molecule has 2 atom stereocenters. The van der Waals surface area contributed by atoms with Gasteiger partial charge in [0, 0.05) is 4.47 Å². The van der Waals surface area contributed by atoms with Gasteiger partial charge in [0.05, 0.1) is 16.1 Å². The molecular formula is C19H18BrCl2NO2. The summed E-state index contributed by atoms with van der Waals surface area (Å²) in [4.78, 5) is 13.9. The molecule has 0 aromatic heterocycles. The van der Waals surface area contributed by atoms with E-state index in [2.05, 4.69) is 15.9 Å². The average Bonchev–Trinajstić information content (AvgIpc) is 2.59. The summed E-state index contributed by atoms with van der Waals surface area (Å²) in [5, 5.41) is 10.7. The molecule has 0 radical (unpaired) electrons. The lowest BCUT2D eigenvalue weighted by atomic mass is 9.91. The molecule has 132 valence electrons. The number of carboxylic acids is 1. The Morgan fingerprint density at radius 2 is 1.96 bits per heavy atom. The standard InChI is InChI=1S/C19H18BrCl2NO2/c20-13-6-3-5-12(11-13)18(14-7-4-8-15(21)17(14)22)23-10-2-1-9-16(23)19(24)25/h3-8,11,16,18H,1-2,9-10H2,(H,24,25). The number of carboxylic acid groups (broad SMARTS) is 1. The molecule has 0 spiro atoms. The maximum absolute atomic E-state index is 11.8. The number of benzene rings is 2. The van der Waals surface area contributed by atoms with Crippen LogP contribution in [0, 0.1) is 0 Å². The second-order valence-corrected chi connectivity index (χ2v) is 7.89. The summed E-state index contributed by atoms with van der Waals surface area (Å²) in [5.74, 6) is -0.794. The topological polar surface area (TPSA) is 40.5 Å². The number of piperidine rings is 1. The van der Waals surface area contributed by atoms with Crippen LogP contribution >= 0.6 is 39.1 Å². The van der Waals surface area contributed by atoms with Crippen LogP contribution in [0.25, 0.3) is 0 Å². The van der Waals surface area contributed by atoms with Crippen LogP contribution in [-0.2, 0) is 4.79 Å². The van der Waals surface area contributed by atoms with Crippen molar-refractivity contribution in [3.63, 3.8) is 0 Å². The van der Waals surface area contributed by atoms with Gasteiger partial charge in [-0.05, 0) is 48.7 Å². The fourth-order valence-corrected chi connectivity index (χ4v) is 4.31. The van der Waals surface area contributed by atoms with E-state index < -0.39 is 12.0 Å². The maximum Gasteiger partial charge on any atom is 0.320 e. The summed E-state index contributed by atoms with van der Waals surface area (Å²) in [6, 6.07) is 12.6. The van der Waals surface area contributed by atoms with Crippen LogP contribution in [0.3, 0.4) is 0 Å². The summed E-state index contributed by atoms with van der Waals surface area (Å²) in [7, 11) is 0. The minimum atomic E-state index is -0.794. The summed E-state index contributed by atoms with van der Waals surface area (Å²) in [6.07, 6.45) is 2.52. The third-order valence-electron chi connectivity index (χ3n) is 4.60. The number of rotatable bonds is 4. The minimum absolute atomic E-state index is 0.259. The highest BCUT2D eigenvalue weighted by molar-refractivity contribution is 9.10. The normalized spacial score (nSPS) is 19.6. The summed E-state index contributed by atoms with van der Waals surface area (Å²) >= 11 is 16.3. The molecule has 6 heteroatoms. The molecular weight excluding hydrogens is 425 g/mol. The van der Waals surface area contributed by atoms with Crippen LogP contribution in [0.1, 0.15) is 36.4 Å². The predicted octanol–water partition coefficient (Wildman–Crippen LogP) is 5.78. The van der Waals surface area contributed by atoms with E-state index in [0.29, 0.717) is 23.0 Å². The van der Waals surface area contributed by atoms with Gasteiger partial charge in [-0.1, -0.05) is 69.8 Å². The van der Waals surface area contributed by atoms with Crippen molar-refractivity contribution in [3.05, 3.63) is 68.1 Å². The van der Waals surface area contributed by atoms with Gasteiger partial charge in [-0.25, -0.2) is 0 Å². The molecule has 1 heterocycles. The van der Waals surface area contributed by atoms with Crippen molar-refractivity contribution >= 4 is 45.1 Å². The van der Waals surface area contributed by atoms with Crippen molar-refractivity contribution in [3.8, 4) is 0 Å². The average molecular weight is 443 g/mol. The van der Waals surface area contributed by atoms with Crippen molar-refractivity contribution < 1.29 is 9.90 Å². The van der Waals surface area contributed by atoms with Crippen LogP contribution in [0.5, 0.6) is 0 Å². The zero-order valence-corrected chi connectivity index (χ0v) is 16.6. The summed E-state index contributed by atoms with van der Waals surface area (Å²) in [5.41, 5.74) is 1.83. The summed E-state index contributed by atoms with van der Waals surface area (Å²) < 4.78 is 0.942. The highest BCUT2D eigenvalue weighted by Gasteiger charge is 2.36. The molecule has 2 aromatic carbocycles. The molecule has 1 aliphatic rings. The zero-order chi connectivity index (χ0) is 18.0. The lowest BCUT2D eigenvalue weighted by Crippen LogP contribution is -2.46. The van der Waals surface area contributed by atoms with Crippen LogP contribution in [0.2, 0.25) is 10.0 Å². The number of halogens is 3. The van der Waals surface area contributed by atoms with E-state index in [9.17, 15) is 9.90 Å². The Hall–Kier alpha value is -1.07. The first-order valence-corrected chi connectivity index (χ1v) is 9.72. The molecule has 2 aromatic rings. The van der Waals surface area contributed by atoms with Crippen molar-refractivity contribution in [1.82, 2.24) is 4.90 Å². The van der Waals surface area contributed by atoms with E-state index in [1.54, 1.807) is 6.07 Å². The number of likely N-dealkylation sites (tertiary alicyclic amines) is 1. The Morgan fingerprint density at radius 1 is 1.20 bits per heavy atom. The third kappa shape index (κ3) is 4.03. The van der Waals surface area contributed by atoms with Gasteiger partial charge < -0.3 is 5.11 Å². The molecule has 1 fully saturated rings. The first-order chi connectivity index (χ1) is 12.0. The first-order valence-electron chi connectivity index (χ1n) is 8.17. The van der Waals surface area contributed by atoms with Gasteiger partial charge in [-0.2, -0.15) is 0 Å². The maximum atomic E-state index is 11.8. The number of carbonyl (C=O) groups is 1. The van der Waals surface area contributed by atoms with Crippen molar-refractivity contribution in [2.75, 3.05) is 6.54 Å². The van der Waals surface area contributed by atoms with Gasteiger partial charge in [0.25, 0.3) is 0 Å². The van der Waals surface area contributed by atoms with E-state index in [-0.39, 0.29) is 6.04 Å². The smallest absolute Gasteiger partial charge is 0.320 e. The van der Waals surface area contributed by atoms with E-state index in [0.717, 1.165) is 28.4 Å². The van der Waals surface area contributed by atoms with Gasteiger partial charge in [0.15, 0.2) is 0 Å². The van der Waals surface area contributed by atoms with Crippen LogP contribution in [0.15, 0.2) is 46.9 Å². The second-order valence-electron chi connectivity index (χ2n) is 6.19. The first kappa shape index (κ1) is 18.7. The molecule has 3 rings (SSSR count). The monoisotopic (exact) mass is 441 g/mol. The molecule has 2 unspecified atom stereocenters. The highest BCUT2D eigenvalue weighted by Crippen LogP contribution is 2.40. The molecule has 3 nitrogen and oxygen atoms in total. The third-order valence-corrected chi connectivity index (χ3v) is 5.93. The van der Waals surface area contributed by atoms with Gasteiger partial charge in [-0.3, -0.25) is 9.69 Å². The Kier molecular flexibility index (Phi) is 6.05. The van der Waals surface area contributed by atoms with Crippen LogP contribution < -0.4 is 0 Å². The number of aliphatic carboxylic acids is 1. The Morgan fingerprint density at radius 3 is 2.68 bits per heavy atom. The fourth-order valence-electron chi connectivity index (χ4n) is 3.49. The van der Waals surface area contributed by atoms with Gasteiger partial charge in [0.2, 0.25) is 0 Å². The molecule has 0 amide bonds. The van der Waals surface area contributed by atoms with Crippen LogP contribution in [0.4, 0.5) is 0 Å². The zero-order valence-electron chi connectivity index (χ0n) is 13.5. The largest absolute Gasteiger partial charge is 0.480 e. The molecule has 0 saturated carbocycles. The molecule has 25 heavy (non-hydrogen) atoms. The van der Waals surface area contributed by atoms with Crippen molar-refractivity contribution in [2.24, 2.45) is 0 Å². The van der Waals surface area contributed by atoms with E-state index >= 15 is 0 Å². The van der Waals surface area contributed by atoms with Crippen molar-refractivity contribution in [2.45, 2.75) is 31.3 Å². The predicted molar refractivity (Wildman–Crippen MR) is 104 cm³/mol. The second kappa shape index (κ2) is 8.09. The Labute approximate surface area is 165 Å². The minimum Gasteiger partial charge on any atom is -0.480 e. The number of hydrogen-bond acceptors (Lipinski definition) is 2. The molecule has 1 saturated heterocycles. The Bertz CT molecular complexity index is 784. The van der Waals surface area contributed by atoms with E-state index in [1.807, 2.05) is 41.3 Å². The van der Waals surface area contributed by atoms with Crippen molar-refractivity contribution in [1.29, 1.82) is 0 Å². The highest BCUT2D eigenvalue weighted by atomic mass is 79.9. The molecule has 0 bridgehead atoms. The lowest BCUT2D eigenvalue weighted by Gasteiger charge is -2.40. The lowest BCUT2D eigenvalue weighted by molar-refractivity contribution is -0.145.